The van der Waals surface area contributed by atoms with Gasteiger partial charge in [0, 0.05) is 11.1 Å². The highest BCUT2D eigenvalue weighted by Crippen LogP contribution is 2.43. The average Bonchev–Trinajstić information content (AvgIpc) is 2.11. The Morgan fingerprint density at radius 2 is 1.47 bits per heavy atom. The molecule has 1 aliphatic heterocycles. The Bertz CT molecular complexity index is 384. The zero-order chi connectivity index (χ0) is 15.2. The van der Waals surface area contributed by atoms with Gasteiger partial charge in [-0.3, -0.25) is 9.59 Å². The summed E-state index contributed by atoms with van der Waals surface area (Å²) >= 11 is 0. The third-order valence-corrected chi connectivity index (χ3v) is 3.50. The second-order valence-electron chi connectivity index (χ2n) is 6.21. The first-order chi connectivity index (χ1) is 8.29. The molecule has 0 unspecified atom stereocenters. The summed E-state index contributed by atoms with van der Waals surface area (Å²) in [6, 6.07) is 0. The van der Waals surface area contributed by atoms with Crippen molar-refractivity contribution in [2.45, 2.75) is 57.8 Å². The first-order valence-corrected chi connectivity index (χ1v) is 5.93. The lowest BCUT2D eigenvalue weighted by Crippen LogP contribution is -2.66. The molecule has 0 aromatic rings. The normalized spacial score (nSPS) is 23.2. The van der Waals surface area contributed by atoms with E-state index < -0.39 is 35.0 Å². The molecule has 1 rings (SSSR count). The highest BCUT2D eigenvalue weighted by atomic mass is 19.4. The van der Waals surface area contributed by atoms with Crippen LogP contribution in [-0.4, -0.2) is 39.1 Å². The quantitative estimate of drug-likeness (QED) is 0.803. The smallest absolute Gasteiger partial charge is 0.471 e. The topological polar surface area (TPSA) is 57.6 Å². The molecule has 1 N–H and O–H groups in total. The standard InChI is InChI=1S/C12H18F3NO3/c1-10(2)5-7(8(17)18)6-11(3,4)16(10)9(19)12(13,14)15/h7H,5-6H2,1-4H3,(H,17,18). The largest absolute Gasteiger partial charge is 0.481 e. The number of alkyl halides is 3. The van der Waals surface area contributed by atoms with Crippen LogP contribution in [0.2, 0.25) is 0 Å². The Hall–Kier alpha value is -1.27. The number of carboxylic acids is 1. The maximum atomic E-state index is 12.7. The van der Waals surface area contributed by atoms with Gasteiger partial charge in [-0.05, 0) is 40.5 Å². The van der Waals surface area contributed by atoms with Crippen molar-refractivity contribution < 1.29 is 27.9 Å². The van der Waals surface area contributed by atoms with E-state index in [1.807, 2.05) is 0 Å². The molecule has 7 heteroatoms. The lowest BCUT2D eigenvalue weighted by atomic mass is 9.73. The summed E-state index contributed by atoms with van der Waals surface area (Å²) in [5.41, 5.74) is -2.31. The molecular formula is C12H18F3NO3. The molecule has 1 heterocycles. The SMILES string of the molecule is CC1(C)CC(C(=O)O)CC(C)(C)N1C(=O)C(F)(F)F. The number of likely N-dealkylation sites (tertiary alicyclic amines) is 1. The van der Waals surface area contributed by atoms with Crippen LogP contribution in [0.1, 0.15) is 40.5 Å². The van der Waals surface area contributed by atoms with Gasteiger partial charge in [0.05, 0.1) is 5.92 Å². The fourth-order valence-corrected chi connectivity index (χ4v) is 3.13. The van der Waals surface area contributed by atoms with Crippen LogP contribution in [0, 0.1) is 5.92 Å². The van der Waals surface area contributed by atoms with Gasteiger partial charge in [0.15, 0.2) is 0 Å². The monoisotopic (exact) mass is 281 g/mol. The van der Waals surface area contributed by atoms with Crippen LogP contribution in [0.3, 0.4) is 0 Å². The van der Waals surface area contributed by atoms with Gasteiger partial charge in [-0.1, -0.05) is 0 Å². The van der Waals surface area contributed by atoms with E-state index in [2.05, 4.69) is 0 Å². The number of hydrogen-bond acceptors (Lipinski definition) is 2. The average molecular weight is 281 g/mol. The molecule has 1 aliphatic rings. The van der Waals surface area contributed by atoms with Gasteiger partial charge in [-0.15, -0.1) is 0 Å². The summed E-state index contributed by atoms with van der Waals surface area (Å²) < 4.78 is 38.0. The second kappa shape index (κ2) is 4.38. The summed E-state index contributed by atoms with van der Waals surface area (Å²) in [5, 5.41) is 9.06. The summed E-state index contributed by atoms with van der Waals surface area (Å²) in [7, 11) is 0. The fourth-order valence-electron chi connectivity index (χ4n) is 3.13. The van der Waals surface area contributed by atoms with E-state index in [0.29, 0.717) is 0 Å². The number of nitrogens with zero attached hydrogens (tertiary/aromatic N) is 1. The van der Waals surface area contributed by atoms with Crippen molar-refractivity contribution in [1.29, 1.82) is 0 Å². The van der Waals surface area contributed by atoms with Crippen LogP contribution in [0.15, 0.2) is 0 Å². The predicted octanol–water partition coefficient (Wildman–Crippen LogP) is 2.43. The Balaban J connectivity index is 3.18. The summed E-state index contributed by atoms with van der Waals surface area (Å²) in [6.45, 7) is 5.86. The molecule has 110 valence electrons. The van der Waals surface area contributed by atoms with Crippen LogP contribution in [0.4, 0.5) is 13.2 Å². The molecule has 1 amide bonds. The van der Waals surface area contributed by atoms with Crippen molar-refractivity contribution in [3.05, 3.63) is 0 Å². The molecule has 0 spiro atoms. The molecule has 1 saturated heterocycles. The Morgan fingerprint density at radius 1 is 1.11 bits per heavy atom. The van der Waals surface area contributed by atoms with Crippen LogP contribution >= 0.6 is 0 Å². The zero-order valence-electron chi connectivity index (χ0n) is 11.3. The molecule has 19 heavy (non-hydrogen) atoms. The minimum absolute atomic E-state index is 0.00752. The van der Waals surface area contributed by atoms with Gasteiger partial charge in [0.1, 0.15) is 0 Å². The minimum Gasteiger partial charge on any atom is -0.481 e. The van der Waals surface area contributed by atoms with Crippen LogP contribution in [0.25, 0.3) is 0 Å². The number of carbonyl (C=O) groups is 2. The van der Waals surface area contributed by atoms with Gasteiger partial charge in [0.25, 0.3) is 0 Å². The van der Waals surface area contributed by atoms with E-state index in [-0.39, 0.29) is 12.8 Å². The third-order valence-electron chi connectivity index (χ3n) is 3.50. The predicted molar refractivity (Wildman–Crippen MR) is 61.4 cm³/mol. The summed E-state index contributed by atoms with van der Waals surface area (Å²) in [5.74, 6) is -3.70. The molecule has 0 atom stereocenters. The number of hydrogen-bond donors (Lipinski definition) is 1. The van der Waals surface area contributed by atoms with Gasteiger partial charge in [0.2, 0.25) is 0 Å². The molecule has 0 aromatic carbocycles. The molecule has 0 aromatic heterocycles. The Morgan fingerprint density at radius 3 is 1.74 bits per heavy atom. The van der Waals surface area contributed by atoms with Crippen molar-refractivity contribution in [3.8, 4) is 0 Å². The van der Waals surface area contributed by atoms with Crippen LogP contribution in [0.5, 0.6) is 0 Å². The highest BCUT2D eigenvalue weighted by molar-refractivity contribution is 5.84. The molecule has 0 radical (unpaired) electrons. The number of carboxylic acid groups (broad SMARTS) is 1. The van der Waals surface area contributed by atoms with E-state index in [1.54, 1.807) is 0 Å². The number of carbonyl (C=O) groups excluding carboxylic acids is 1. The highest BCUT2D eigenvalue weighted by Gasteiger charge is 2.56. The van der Waals surface area contributed by atoms with Crippen LogP contribution in [-0.2, 0) is 9.59 Å². The van der Waals surface area contributed by atoms with Gasteiger partial charge >= 0.3 is 18.1 Å². The van der Waals surface area contributed by atoms with E-state index in [0.717, 1.165) is 4.90 Å². The lowest BCUT2D eigenvalue weighted by molar-refractivity contribution is -0.204. The molecule has 0 bridgehead atoms. The van der Waals surface area contributed by atoms with Gasteiger partial charge in [-0.25, -0.2) is 0 Å². The number of aliphatic carboxylic acids is 1. The maximum absolute atomic E-state index is 12.7. The number of halogens is 3. The van der Waals surface area contributed by atoms with E-state index in [1.165, 1.54) is 27.7 Å². The Kier molecular flexibility index (Phi) is 3.64. The van der Waals surface area contributed by atoms with Crippen molar-refractivity contribution in [3.63, 3.8) is 0 Å². The number of piperidine rings is 1. The third kappa shape index (κ3) is 3.01. The number of amides is 1. The minimum atomic E-state index is -4.95. The van der Waals surface area contributed by atoms with Crippen molar-refractivity contribution >= 4 is 11.9 Å². The van der Waals surface area contributed by atoms with Gasteiger partial charge < -0.3 is 10.0 Å². The molecule has 0 saturated carbocycles. The number of rotatable bonds is 1. The van der Waals surface area contributed by atoms with Crippen molar-refractivity contribution in [2.24, 2.45) is 5.92 Å². The molecule has 0 aliphatic carbocycles. The Labute approximate surface area is 109 Å². The van der Waals surface area contributed by atoms with E-state index in [9.17, 15) is 22.8 Å². The fraction of sp³-hybridized carbons (Fsp3) is 0.833. The van der Waals surface area contributed by atoms with E-state index >= 15 is 0 Å². The lowest BCUT2D eigenvalue weighted by Gasteiger charge is -2.54. The summed E-state index contributed by atoms with van der Waals surface area (Å²) in [4.78, 5) is 23.4. The maximum Gasteiger partial charge on any atom is 0.471 e. The molecular weight excluding hydrogens is 263 g/mol. The van der Waals surface area contributed by atoms with E-state index in [4.69, 9.17) is 5.11 Å². The molecule has 1 fully saturated rings. The zero-order valence-corrected chi connectivity index (χ0v) is 11.3. The van der Waals surface area contributed by atoms with Crippen molar-refractivity contribution in [1.82, 2.24) is 4.90 Å². The summed E-state index contributed by atoms with van der Waals surface area (Å²) in [6.07, 6.45) is -4.94. The van der Waals surface area contributed by atoms with Crippen molar-refractivity contribution in [2.75, 3.05) is 0 Å². The first kappa shape index (κ1) is 15.8. The van der Waals surface area contributed by atoms with Crippen LogP contribution < -0.4 is 0 Å². The molecule has 4 nitrogen and oxygen atoms in total. The second-order valence-corrected chi connectivity index (χ2v) is 6.21. The van der Waals surface area contributed by atoms with Gasteiger partial charge in [-0.2, -0.15) is 13.2 Å². The first-order valence-electron chi connectivity index (χ1n) is 5.93.